The second kappa shape index (κ2) is 5.25. The fourth-order valence-corrected chi connectivity index (χ4v) is 1.75. The monoisotopic (exact) mass is 239 g/mol. The van der Waals surface area contributed by atoms with Crippen LogP contribution in [0, 0.1) is 0 Å². The molecule has 0 aliphatic carbocycles. The predicted octanol–water partition coefficient (Wildman–Crippen LogP) is 2.44. The molecule has 0 spiro atoms. The molecule has 1 amide bonds. The summed E-state index contributed by atoms with van der Waals surface area (Å²) in [5.74, 6) is 0.829. The molecule has 1 rings (SSSR count). The van der Waals surface area contributed by atoms with E-state index < -0.39 is 0 Å². The first-order valence-corrected chi connectivity index (χ1v) is 6.05. The smallest absolute Gasteiger partial charge is 0.227 e. The Labute approximate surface area is 100 Å². The zero-order chi connectivity index (χ0) is 12.2. The summed E-state index contributed by atoms with van der Waals surface area (Å²) in [7, 11) is 0. The van der Waals surface area contributed by atoms with Gasteiger partial charge in [-0.1, -0.05) is 0 Å². The molecule has 16 heavy (non-hydrogen) atoms. The van der Waals surface area contributed by atoms with Crippen molar-refractivity contribution in [2.24, 2.45) is 5.73 Å². The first kappa shape index (κ1) is 12.9. The summed E-state index contributed by atoms with van der Waals surface area (Å²) in [5.41, 5.74) is 4.88. The minimum absolute atomic E-state index is 0.193. The van der Waals surface area contributed by atoms with E-state index in [0.29, 0.717) is 5.75 Å². The van der Waals surface area contributed by atoms with Crippen molar-refractivity contribution in [2.45, 2.75) is 31.3 Å². The van der Waals surface area contributed by atoms with Crippen LogP contribution >= 0.6 is 11.8 Å². The fraction of sp³-hybridized carbons (Fsp3) is 0.417. The van der Waals surface area contributed by atoms with Gasteiger partial charge in [0.15, 0.2) is 0 Å². The lowest BCUT2D eigenvalue weighted by atomic mass is 10.2. The van der Waals surface area contributed by atoms with Gasteiger partial charge >= 0.3 is 0 Å². The Morgan fingerprint density at radius 1 is 1.31 bits per heavy atom. The molecule has 0 radical (unpaired) electrons. The van der Waals surface area contributed by atoms with Crippen LogP contribution < -0.4 is 10.5 Å². The Hall–Kier alpha value is -1.16. The van der Waals surface area contributed by atoms with Crippen molar-refractivity contribution in [3.8, 4) is 5.75 Å². The highest BCUT2D eigenvalue weighted by atomic mass is 32.2. The summed E-state index contributed by atoms with van der Waals surface area (Å²) < 4.78 is 5.68. The molecule has 0 aromatic heterocycles. The van der Waals surface area contributed by atoms with Crippen molar-refractivity contribution < 1.29 is 9.53 Å². The normalized spacial score (nSPS) is 11.2. The van der Waals surface area contributed by atoms with Crippen LogP contribution in [0.15, 0.2) is 29.2 Å². The summed E-state index contributed by atoms with van der Waals surface area (Å²) in [6.45, 7) is 6.01. The number of nitrogens with two attached hydrogens (primary N) is 1. The van der Waals surface area contributed by atoms with E-state index in [1.807, 2.05) is 45.0 Å². The van der Waals surface area contributed by atoms with Gasteiger partial charge in [-0.25, -0.2) is 0 Å². The number of carbonyl (C=O) groups excluding carboxylic acids is 1. The van der Waals surface area contributed by atoms with Gasteiger partial charge in [0, 0.05) is 4.90 Å². The second-order valence-corrected chi connectivity index (χ2v) is 5.49. The number of thioether (sulfide) groups is 1. The van der Waals surface area contributed by atoms with E-state index in [9.17, 15) is 4.79 Å². The lowest BCUT2D eigenvalue weighted by molar-refractivity contribution is -0.115. The van der Waals surface area contributed by atoms with Gasteiger partial charge in [-0.2, -0.15) is 0 Å². The van der Waals surface area contributed by atoms with Crippen LogP contribution in [0.2, 0.25) is 0 Å². The van der Waals surface area contributed by atoms with E-state index in [0.717, 1.165) is 10.6 Å². The van der Waals surface area contributed by atoms with Crippen LogP contribution in [-0.4, -0.2) is 17.3 Å². The van der Waals surface area contributed by atoms with Crippen LogP contribution in [0.3, 0.4) is 0 Å². The van der Waals surface area contributed by atoms with Gasteiger partial charge in [0.1, 0.15) is 11.4 Å². The minimum Gasteiger partial charge on any atom is -0.488 e. The van der Waals surface area contributed by atoms with Crippen LogP contribution in [0.1, 0.15) is 20.8 Å². The van der Waals surface area contributed by atoms with E-state index in [4.69, 9.17) is 10.5 Å². The SMILES string of the molecule is CC(C)(C)Oc1ccc(SCC(N)=O)cc1. The van der Waals surface area contributed by atoms with Gasteiger partial charge in [-0.15, -0.1) is 11.8 Å². The molecule has 0 saturated heterocycles. The molecular weight excluding hydrogens is 222 g/mol. The van der Waals surface area contributed by atoms with Gasteiger partial charge in [-0.05, 0) is 45.0 Å². The average Bonchev–Trinajstić information content (AvgIpc) is 2.14. The Kier molecular flexibility index (Phi) is 4.24. The molecule has 1 aromatic rings. The summed E-state index contributed by atoms with van der Waals surface area (Å²) >= 11 is 1.43. The van der Waals surface area contributed by atoms with Crippen LogP contribution in [0.5, 0.6) is 5.75 Å². The highest BCUT2D eigenvalue weighted by Gasteiger charge is 2.11. The zero-order valence-corrected chi connectivity index (χ0v) is 10.6. The lowest BCUT2D eigenvalue weighted by Crippen LogP contribution is -2.22. The Bertz CT molecular complexity index is 354. The molecule has 0 saturated carbocycles. The van der Waals surface area contributed by atoms with Crippen LogP contribution in [0.4, 0.5) is 0 Å². The van der Waals surface area contributed by atoms with Crippen molar-refractivity contribution in [1.29, 1.82) is 0 Å². The number of amides is 1. The molecule has 0 heterocycles. The van der Waals surface area contributed by atoms with E-state index in [1.54, 1.807) is 0 Å². The lowest BCUT2D eigenvalue weighted by Gasteiger charge is -2.21. The number of primary amides is 1. The Balaban J connectivity index is 2.57. The average molecular weight is 239 g/mol. The third-order valence-electron chi connectivity index (χ3n) is 1.63. The standard InChI is InChI=1S/C12H17NO2S/c1-12(2,3)15-9-4-6-10(7-5-9)16-8-11(13)14/h4-7H,8H2,1-3H3,(H2,13,14). The number of carbonyl (C=O) groups is 1. The first-order chi connectivity index (χ1) is 7.37. The van der Waals surface area contributed by atoms with Gasteiger partial charge < -0.3 is 10.5 Å². The second-order valence-electron chi connectivity index (χ2n) is 4.44. The quantitative estimate of drug-likeness (QED) is 0.821. The summed E-state index contributed by atoms with van der Waals surface area (Å²) in [6, 6.07) is 7.65. The molecule has 0 atom stereocenters. The zero-order valence-electron chi connectivity index (χ0n) is 9.82. The van der Waals surface area contributed by atoms with Gasteiger partial charge in [0.25, 0.3) is 0 Å². The predicted molar refractivity (Wildman–Crippen MR) is 66.7 cm³/mol. The molecule has 1 aromatic carbocycles. The van der Waals surface area contributed by atoms with E-state index >= 15 is 0 Å². The number of rotatable bonds is 4. The highest BCUT2D eigenvalue weighted by molar-refractivity contribution is 8.00. The van der Waals surface area contributed by atoms with Crippen LogP contribution in [0.25, 0.3) is 0 Å². The molecule has 3 nitrogen and oxygen atoms in total. The number of hydrogen-bond donors (Lipinski definition) is 1. The maximum atomic E-state index is 10.6. The van der Waals surface area contributed by atoms with Crippen molar-refractivity contribution in [1.82, 2.24) is 0 Å². The van der Waals surface area contributed by atoms with Crippen molar-refractivity contribution in [3.63, 3.8) is 0 Å². The maximum absolute atomic E-state index is 10.6. The molecule has 88 valence electrons. The number of benzene rings is 1. The highest BCUT2D eigenvalue weighted by Crippen LogP contribution is 2.23. The molecule has 0 unspecified atom stereocenters. The fourth-order valence-electron chi connectivity index (χ4n) is 1.11. The van der Waals surface area contributed by atoms with Gasteiger partial charge in [0.05, 0.1) is 5.75 Å². The third-order valence-corrected chi connectivity index (χ3v) is 2.66. The first-order valence-electron chi connectivity index (χ1n) is 5.07. The van der Waals surface area contributed by atoms with Gasteiger partial charge in [-0.3, -0.25) is 4.79 Å². The molecule has 0 fully saturated rings. The van der Waals surface area contributed by atoms with Crippen molar-refractivity contribution in [2.75, 3.05) is 5.75 Å². The third kappa shape index (κ3) is 5.07. The largest absolute Gasteiger partial charge is 0.488 e. The topological polar surface area (TPSA) is 52.3 Å². The molecular formula is C12H17NO2S. The molecule has 4 heteroatoms. The van der Waals surface area contributed by atoms with Crippen molar-refractivity contribution >= 4 is 17.7 Å². The summed E-state index contributed by atoms with van der Waals surface area (Å²) in [4.78, 5) is 11.6. The number of hydrogen-bond acceptors (Lipinski definition) is 3. The maximum Gasteiger partial charge on any atom is 0.227 e. The van der Waals surface area contributed by atoms with Gasteiger partial charge in [0.2, 0.25) is 5.91 Å². The molecule has 0 bridgehead atoms. The summed E-state index contributed by atoms with van der Waals surface area (Å²) in [6.07, 6.45) is 0. The van der Waals surface area contributed by atoms with E-state index in [2.05, 4.69) is 0 Å². The molecule has 2 N–H and O–H groups in total. The van der Waals surface area contributed by atoms with E-state index in [-0.39, 0.29) is 11.5 Å². The molecule has 0 aliphatic rings. The number of ether oxygens (including phenoxy) is 1. The molecule has 0 aliphatic heterocycles. The summed E-state index contributed by atoms with van der Waals surface area (Å²) in [5, 5.41) is 0. The van der Waals surface area contributed by atoms with Crippen molar-refractivity contribution in [3.05, 3.63) is 24.3 Å². The Morgan fingerprint density at radius 2 is 1.88 bits per heavy atom. The van der Waals surface area contributed by atoms with E-state index in [1.165, 1.54) is 11.8 Å². The minimum atomic E-state index is -0.306. The van der Waals surface area contributed by atoms with Crippen LogP contribution in [-0.2, 0) is 4.79 Å². The Morgan fingerprint density at radius 3 is 2.31 bits per heavy atom.